The first-order valence-corrected chi connectivity index (χ1v) is 10.7. The van der Waals surface area contributed by atoms with Gasteiger partial charge in [0.05, 0.1) is 12.5 Å². The molecular weight excluding hydrogens is 312 g/mol. The second-order valence-electron chi connectivity index (χ2n) is 6.98. The molecule has 0 amide bonds. The smallest absolute Gasteiger partial charge is 0.309 e. The van der Waals surface area contributed by atoms with E-state index in [1.165, 1.54) is 64.2 Å². The van der Waals surface area contributed by atoms with Gasteiger partial charge in [-0.2, -0.15) is 0 Å². The van der Waals surface area contributed by atoms with Gasteiger partial charge < -0.3 is 9.84 Å². The minimum absolute atomic E-state index is 0.0624. The van der Waals surface area contributed by atoms with Crippen LogP contribution in [0.2, 0.25) is 0 Å². The number of ether oxygens (including phenoxy) is 1. The van der Waals surface area contributed by atoms with Crippen LogP contribution in [0.1, 0.15) is 104 Å². The van der Waals surface area contributed by atoms with Gasteiger partial charge in [-0.1, -0.05) is 70.4 Å². The van der Waals surface area contributed by atoms with Gasteiger partial charge >= 0.3 is 5.97 Å². The molecule has 0 radical (unpaired) electrons. The summed E-state index contributed by atoms with van der Waals surface area (Å²) in [4.78, 5) is 11.8. The number of esters is 1. The van der Waals surface area contributed by atoms with Crippen LogP contribution in [0.5, 0.6) is 0 Å². The van der Waals surface area contributed by atoms with Crippen molar-refractivity contribution in [3.05, 3.63) is 12.2 Å². The van der Waals surface area contributed by atoms with Gasteiger partial charge in [0.15, 0.2) is 0 Å². The first kappa shape index (κ1) is 24.2. The van der Waals surface area contributed by atoms with E-state index in [0.717, 1.165) is 19.3 Å². The maximum absolute atomic E-state index is 11.8. The number of unbranched alkanes of at least 4 members (excludes halogenated alkanes) is 10. The normalized spacial score (nSPS) is 12.6. The van der Waals surface area contributed by atoms with Crippen molar-refractivity contribution in [3.8, 4) is 0 Å². The summed E-state index contributed by atoms with van der Waals surface area (Å²) in [5, 5.41) is 9.05. The van der Waals surface area contributed by atoms with Gasteiger partial charge in [-0.25, -0.2) is 0 Å². The second kappa shape index (κ2) is 19.5. The summed E-state index contributed by atoms with van der Waals surface area (Å²) in [6, 6.07) is 0. The van der Waals surface area contributed by atoms with Gasteiger partial charge in [0.1, 0.15) is 0 Å². The zero-order valence-electron chi connectivity index (χ0n) is 16.8. The number of hydrogen-bond donors (Lipinski definition) is 1. The molecular formula is C22H42O3. The van der Waals surface area contributed by atoms with E-state index in [4.69, 9.17) is 9.84 Å². The molecule has 0 saturated heterocycles. The SMILES string of the molecule is CCCCCCCCC=CCCCCCCC(CCO)C(=O)OCC. The molecule has 0 aromatic heterocycles. The van der Waals surface area contributed by atoms with Crippen molar-refractivity contribution in [3.63, 3.8) is 0 Å². The van der Waals surface area contributed by atoms with Gasteiger partial charge in [-0.15, -0.1) is 0 Å². The van der Waals surface area contributed by atoms with Crippen LogP contribution in [-0.4, -0.2) is 24.3 Å². The number of rotatable bonds is 18. The number of carbonyl (C=O) groups is 1. The Kier molecular flexibility index (Phi) is 18.8. The molecule has 0 aliphatic carbocycles. The molecule has 3 nitrogen and oxygen atoms in total. The quantitative estimate of drug-likeness (QED) is 0.181. The Hall–Kier alpha value is -0.830. The standard InChI is InChI=1S/C22H42O3/c1-3-5-6-7-8-9-10-11-12-13-14-15-16-17-18-21(19-20-23)22(24)25-4-2/h11-12,21,23H,3-10,13-20H2,1-2H3. The average molecular weight is 355 g/mol. The molecule has 25 heavy (non-hydrogen) atoms. The fraction of sp³-hybridized carbons (Fsp3) is 0.864. The Bertz CT molecular complexity index is 312. The number of allylic oxidation sites excluding steroid dienone is 2. The van der Waals surface area contributed by atoms with Crippen molar-refractivity contribution in [1.29, 1.82) is 0 Å². The van der Waals surface area contributed by atoms with E-state index in [1.807, 2.05) is 6.92 Å². The van der Waals surface area contributed by atoms with Gasteiger partial charge in [-0.3, -0.25) is 4.79 Å². The van der Waals surface area contributed by atoms with Crippen LogP contribution < -0.4 is 0 Å². The first-order chi connectivity index (χ1) is 12.3. The van der Waals surface area contributed by atoms with Crippen molar-refractivity contribution in [1.82, 2.24) is 0 Å². The maximum Gasteiger partial charge on any atom is 0.309 e. The molecule has 0 heterocycles. The summed E-state index contributed by atoms with van der Waals surface area (Å²) in [7, 11) is 0. The first-order valence-electron chi connectivity index (χ1n) is 10.7. The lowest BCUT2D eigenvalue weighted by atomic mass is 9.97. The van der Waals surface area contributed by atoms with Gasteiger partial charge in [-0.05, 0) is 45.4 Å². The number of aliphatic hydroxyl groups excluding tert-OH is 1. The third-order valence-corrected chi connectivity index (χ3v) is 4.66. The molecule has 3 heteroatoms. The average Bonchev–Trinajstić information content (AvgIpc) is 2.61. The summed E-state index contributed by atoms with van der Waals surface area (Å²) in [5.74, 6) is -0.267. The van der Waals surface area contributed by atoms with Crippen LogP contribution in [-0.2, 0) is 9.53 Å². The Labute approximate surface area is 156 Å². The minimum atomic E-state index is -0.144. The van der Waals surface area contributed by atoms with E-state index in [0.29, 0.717) is 13.0 Å². The van der Waals surface area contributed by atoms with Crippen LogP contribution in [0.15, 0.2) is 12.2 Å². The lowest BCUT2D eigenvalue weighted by Gasteiger charge is -2.13. The molecule has 0 aromatic carbocycles. The number of carbonyl (C=O) groups excluding carboxylic acids is 1. The Morgan fingerprint density at radius 2 is 1.40 bits per heavy atom. The lowest BCUT2D eigenvalue weighted by molar-refractivity contribution is -0.148. The number of aliphatic hydroxyl groups is 1. The van der Waals surface area contributed by atoms with Crippen LogP contribution in [0.4, 0.5) is 0 Å². The predicted molar refractivity (Wildman–Crippen MR) is 107 cm³/mol. The molecule has 1 atom stereocenters. The highest BCUT2D eigenvalue weighted by molar-refractivity contribution is 5.72. The van der Waals surface area contributed by atoms with Crippen molar-refractivity contribution in [2.45, 2.75) is 104 Å². The zero-order chi connectivity index (χ0) is 18.6. The predicted octanol–water partition coefficient (Wildman–Crippen LogP) is 6.20. The summed E-state index contributed by atoms with van der Waals surface area (Å²) in [6.07, 6.45) is 21.3. The monoisotopic (exact) mass is 354 g/mol. The summed E-state index contributed by atoms with van der Waals surface area (Å²) >= 11 is 0. The van der Waals surface area contributed by atoms with E-state index >= 15 is 0 Å². The van der Waals surface area contributed by atoms with Crippen LogP contribution in [0.3, 0.4) is 0 Å². The molecule has 0 aliphatic rings. The molecule has 0 aromatic rings. The van der Waals surface area contributed by atoms with Crippen LogP contribution in [0.25, 0.3) is 0 Å². The van der Waals surface area contributed by atoms with Crippen LogP contribution in [0, 0.1) is 5.92 Å². The molecule has 148 valence electrons. The lowest BCUT2D eigenvalue weighted by Crippen LogP contribution is -2.19. The summed E-state index contributed by atoms with van der Waals surface area (Å²) in [5.41, 5.74) is 0. The molecule has 0 rings (SSSR count). The Morgan fingerprint density at radius 1 is 0.840 bits per heavy atom. The van der Waals surface area contributed by atoms with E-state index in [-0.39, 0.29) is 18.5 Å². The largest absolute Gasteiger partial charge is 0.466 e. The Morgan fingerprint density at radius 3 is 1.96 bits per heavy atom. The third kappa shape index (κ3) is 16.4. The maximum atomic E-state index is 11.8. The zero-order valence-corrected chi connectivity index (χ0v) is 16.8. The highest BCUT2D eigenvalue weighted by atomic mass is 16.5. The number of hydrogen-bond acceptors (Lipinski definition) is 3. The molecule has 1 unspecified atom stereocenters. The topological polar surface area (TPSA) is 46.5 Å². The van der Waals surface area contributed by atoms with E-state index in [2.05, 4.69) is 19.1 Å². The summed E-state index contributed by atoms with van der Waals surface area (Å²) < 4.78 is 5.07. The molecule has 0 fully saturated rings. The van der Waals surface area contributed by atoms with Gasteiger partial charge in [0, 0.05) is 6.61 Å². The van der Waals surface area contributed by atoms with Crippen molar-refractivity contribution < 1.29 is 14.6 Å². The fourth-order valence-corrected chi connectivity index (χ4v) is 3.08. The molecule has 0 saturated carbocycles. The van der Waals surface area contributed by atoms with Crippen molar-refractivity contribution >= 4 is 5.97 Å². The summed E-state index contributed by atoms with van der Waals surface area (Å²) in [6.45, 7) is 4.57. The minimum Gasteiger partial charge on any atom is -0.466 e. The molecule has 0 bridgehead atoms. The molecule has 0 spiro atoms. The second-order valence-corrected chi connectivity index (χ2v) is 6.98. The molecule has 0 aliphatic heterocycles. The Balaban J connectivity index is 3.46. The highest BCUT2D eigenvalue weighted by Gasteiger charge is 2.18. The van der Waals surface area contributed by atoms with Gasteiger partial charge in [0.2, 0.25) is 0 Å². The van der Waals surface area contributed by atoms with Gasteiger partial charge in [0.25, 0.3) is 0 Å². The third-order valence-electron chi connectivity index (χ3n) is 4.66. The van der Waals surface area contributed by atoms with Crippen molar-refractivity contribution in [2.75, 3.05) is 13.2 Å². The van der Waals surface area contributed by atoms with E-state index < -0.39 is 0 Å². The molecule has 1 N–H and O–H groups in total. The van der Waals surface area contributed by atoms with E-state index in [9.17, 15) is 4.79 Å². The fourth-order valence-electron chi connectivity index (χ4n) is 3.08. The highest BCUT2D eigenvalue weighted by Crippen LogP contribution is 2.16. The van der Waals surface area contributed by atoms with E-state index in [1.54, 1.807) is 0 Å². The van der Waals surface area contributed by atoms with Crippen molar-refractivity contribution in [2.24, 2.45) is 5.92 Å². The van der Waals surface area contributed by atoms with Crippen LogP contribution >= 0.6 is 0 Å².